The maximum atomic E-state index is 5.63. The molecule has 0 unspecified atom stereocenters. The van der Waals surface area contributed by atoms with Gasteiger partial charge in [0.1, 0.15) is 0 Å². The molecular formula is C9H13N7. The summed E-state index contributed by atoms with van der Waals surface area (Å²) in [5.74, 6) is 1.16. The molecule has 0 atom stereocenters. The summed E-state index contributed by atoms with van der Waals surface area (Å²) in [6.45, 7) is 2.80. The number of nitrogens with two attached hydrogens (primary N) is 1. The van der Waals surface area contributed by atoms with Gasteiger partial charge in [0.15, 0.2) is 0 Å². The van der Waals surface area contributed by atoms with Crippen molar-refractivity contribution >= 4 is 11.9 Å². The molecule has 0 spiro atoms. The molecule has 16 heavy (non-hydrogen) atoms. The van der Waals surface area contributed by atoms with Gasteiger partial charge in [-0.25, -0.2) is 4.68 Å². The normalized spacial score (nSPS) is 10.4. The predicted octanol–water partition coefficient (Wildman–Crippen LogP) is 0.0956. The topological polar surface area (TPSA) is 85.8 Å². The molecule has 2 rings (SSSR count). The van der Waals surface area contributed by atoms with Crippen molar-refractivity contribution in [1.82, 2.24) is 24.7 Å². The van der Waals surface area contributed by atoms with E-state index in [1.807, 2.05) is 18.9 Å². The van der Waals surface area contributed by atoms with Gasteiger partial charge in [0.2, 0.25) is 11.9 Å². The van der Waals surface area contributed by atoms with Crippen LogP contribution in [0.2, 0.25) is 0 Å². The van der Waals surface area contributed by atoms with E-state index in [1.54, 1.807) is 23.1 Å². The molecule has 0 aliphatic heterocycles. The highest BCUT2D eigenvalue weighted by molar-refractivity contribution is 5.36. The Bertz CT molecular complexity index is 465. The van der Waals surface area contributed by atoms with Crippen LogP contribution in [-0.4, -0.2) is 38.3 Å². The minimum absolute atomic E-state index is 0.191. The Morgan fingerprint density at radius 2 is 2.19 bits per heavy atom. The summed E-state index contributed by atoms with van der Waals surface area (Å²) in [5.41, 5.74) is 5.63. The molecule has 0 aromatic carbocycles. The van der Waals surface area contributed by atoms with Crippen molar-refractivity contribution in [3.05, 3.63) is 18.5 Å². The largest absolute Gasteiger partial charge is 0.368 e. The van der Waals surface area contributed by atoms with Crippen LogP contribution >= 0.6 is 0 Å². The van der Waals surface area contributed by atoms with Gasteiger partial charge < -0.3 is 10.6 Å². The van der Waals surface area contributed by atoms with Crippen LogP contribution in [0, 0.1) is 0 Å². The summed E-state index contributed by atoms with van der Waals surface area (Å²) >= 11 is 0. The SMILES string of the molecule is CCN(C)c1nc(N)nc(-n2cccn2)n1. The van der Waals surface area contributed by atoms with E-state index in [9.17, 15) is 0 Å². The number of hydrogen-bond donors (Lipinski definition) is 1. The van der Waals surface area contributed by atoms with Crippen molar-refractivity contribution in [2.75, 3.05) is 24.2 Å². The van der Waals surface area contributed by atoms with E-state index < -0.39 is 0 Å². The fraction of sp³-hybridized carbons (Fsp3) is 0.333. The zero-order chi connectivity index (χ0) is 11.5. The Labute approximate surface area is 92.9 Å². The smallest absolute Gasteiger partial charge is 0.257 e. The summed E-state index contributed by atoms with van der Waals surface area (Å²) in [5, 5.41) is 4.04. The van der Waals surface area contributed by atoms with Gasteiger partial charge in [-0.1, -0.05) is 0 Å². The van der Waals surface area contributed by atoms with E-state index >= 15 is 0 Å². The third-order valence-corrected chi connectivity index (χ3v) is 2.15. The Morgan fingerprint density at radius 3 is 2.81 bits per heavy atom. The second kappa shape index (κ2) is 4.13. The van der Waals surface area contributed by atoms with Gasteiger partial charge in [-0.3, -0.25) is 0 Å². The molecule has 84 valence electrons. The van der Waals surface area contributed by atoms with Crippen LogP contribution in [-0.2, 0) is 0 Å². The number of rotatable bonds is 3. The van der Waals surface area contributed by atoms with Crippen LogP contribution in [0.1, 0.15) is 6.92 Å². The van der Waals surface area contributed by atoms with Crippen LogP contribution in [0.3, 0.4) is 0 Å². The molecule has 0 aliphatic rings. The van der Waals surface area contributed by atoms with E-state index in [4.69, 9.17) is 5.73 Å². The standard InChI is InChI=1S/C9H13N7/c1-3-15(2)8-12-7(10)13-9(14-8)16-6-4-5-11-16/h4-6H,3H2,1-2H3,(H2,10,12,13,14). The fourth-order valence-electron chi connectivity index (χ4n) is 1.17. The van der Waals surface area contributed by atoms with E-state index in [1.165, 1.54) is 0 Å². The quantitative estimate of drug-likeness (QED) is 0.787. The molecule has 0 bridgehead atoms. The molecule has 0 aliphatic carbocycles. The summed E-state index contributed by atoms with van der Waals surface area (Å²) in [7, 11) is 1.89. The summed E-state index contributed by atoms with van der Waals surface area (Å²) in [6.07, 6.45) is 3.41. The van der Waals surface area contributed by atoms with Crippen molar-refractivity contribution in [3.63, 3.8) is 0 Å². The van der Waals surface area contributed by atoms with E-state index in [-0.39, 0.29) is 5.95 Å². The summed E-state index contributed by atoms with van der Waals surface area (Å²) < 4.78 is 1.55. The number of hydrogen-bond acceptors (Lipinski definition) is 6. The molecule has 2 aromatic heterocycles. The number of anilines is 2. The van der Waals surface area contributed by atoms with Crippen LogP contribution in [0.4, 0.5) is 11.9 Å². The van der Waals surface area contributed by atoms with Crippen LogP contribution in [0.25, 0.3) is 5.95 Å². The average Bonchev–Trinajstić information content (AvgIpc) is 2.80. The van der Waals surface area contributed by atoms with Gasteiger partial charge in [0, 0.05) is 26.0 Å². The third-order valence-electron chi connectivity index (χ3n) is 2.15. The van der Waals surface area contributed by atoms with Crippen molar-refractivity contribution in [2.45, 2.75) is 6.92 Å². The molecule has 7 nitrogen and oxygen atoms in total. The molecule has 2 aromatic rings. The number of nitrogen functional groups attached to an aromatic ring is 1. The Hall–Kier alpha value is -2.18. The average molecular weight is 219 g/mol. The molecule has 7 heteroatoms. The molecule has 2 N–H and O–H groups in total. The van der Waals surface area contributed by atoms with Crippen LogP contribution < -0.4 is 10.6 Å². The lowest BCUT2D eigenvalue weighted by molar-refractivity contribution is 0.783. The molecule has 0 fully saturated rings. The first kappa shape index (κ1) is 10.3. The van der Waals surface area contributed by atoms with Gasteiger partial charge in [0.25, 0.3) is 5.95 Å². The minimum Gasteiger partial charge on any atom is -0.368 e. The third kappa shape index (κ3) is 1.92. The Balaban J connectivity index is 2.44. The van der Waals surface area contributed by atoms with Crippen molar-refractivity contribution < 1.29 is 0 Å². The highest BCUT2D eigenvalue weighted by Gasteiger charge is 2.08. The Morgan fingerprint density at radius 1 is 1.38 bits per heavy atom. The lowest BCUT2D eigenvalue weighted by atomic mass is 10.6. The van der Waals surface area contributed by atoms with E-state index in [0.29, 0.717) is 11.9 Å². The lowest BCUT2D eigenvalue weighted by Gasteiger charge is -2.14. The van der Waals surface area contributed by atoms with Crippen molar-refractivity contribution in [1.29, 1.82) is 0 Å². The summed E-state index contributed by atoms with van der Waals surface area (Å²) in [4.78, 5) is 14.2. The fourth-order valence-corrected chi connectivity index (χ4v) is 1.17. The van der Waals surface area contributed by atoms with E-state index in [2.05, 4.69) is 20.1 Å². The molecule has 0 saturated heterocycles. The monoisotopic (exact) mass is 219 g/mol. The Kier molecular flexibility index (Phi) is 2.67. The molecular weight excluding hydrogens is 206 g/mol. The van der Waals surface area contributed by atoms with Crippen molar-refractivity contribution in [2.24, 2.45) is 0 Å². The van der Waals surface area contributed by atoms with Crippen LogP contribution in [0.5, 0.6) is 0 Å². The van der Waals surface area contributed by atoms with Gasteiger partial charge in [-0.15, -0.1) is 0 Å². The van der Waals surface area contributed by atoms with Crippen molar-refractivity contribution in [3.8, 4) is 5.95 Å². The summed E-state index contributed by atoms with van der Waals surface area (Å²) in [6, 6.07) is 1.79. The van der Waals surface area contributed by atoms with Crippen LogP contribution in [0.15, 0.2) is 18.5 Å². The lowest BCUT2D eigenvalue weighted by Crippen LogP contribution is -2.21. The molecule has 0 saturated carbocycles. The van der Waals surface area contributed by atoms with Gasteiger partial charge >= 0.3 is 0 Å². The highest BCUT2D eigenvalue weighted by Crippen LogP contribution is 2.09. The number of nitrogens with zero attached hydrogens (tertiary/aromatic N) is 6. The first-order valence-corrected chi connectivity index (χ1v) is 4.93. The molecule has 2 heterocycles. The highest BCUT2D eigenvalue weighted by atomic mass is 15.4. The first-order chi connectivity index (χ1) is 7.70. The molecule has 0 amide bonds. The second-order valence-corrected chi connectivity index (χ2v) is 3.26. The van der Waals surface area contributed by atoms with E-state index in [0.717, 1.165) is 6.54 Å². The minimum atomic E-state index is 0.191. The zero-order valence-corrected chi connectivity index (χ0v) is 9.20. The molecule has 0 radical (unpaired) electrons. The predicted molar refractivity (Wildman–Crippen MR) is 60.3 cm³/mol. The second-order valence-electron chi connectivity index (χ2n) is 3.26. The van der Waals surface area contributed by atoms with Gasteiger partial charge in [-0.05, 0) is 13.0 Å². The maximum Gasteiger partial charge on any atom is 0.257 e. The maximum absolute atomic E-state index is 5.63. The van der Waals surface area contributed by atoms with Gasteiger partial charge in [0.05, 0.1) is 0 Å². The zero-order valence-electron chi connectivity index (χ0n) is 9.20. The van der Waals surface area contributed by atoms with Gasteiger partial charge in [-0.2, -0.15) is 20.1 Å². The number of aromatic nitrogens is 5. The first-order valence-electron chi connectivity index (χ1n) is 4.93.